The average Bonchev–Trinajstić information content (AvgIpc) is 3.31. The van der Waals surface area contributed by atoms with E-state index in [0.29, 0.717) is 37.5 Å². The maximum absolute atomic E-state index is 14.0. The lowest BCUT2D eigenvalue weighted by atomic mass is 9.93. The monoisotopic (exact) mass is 586 g/mol. The van der Waals surface area contributed by atoms with Gasteiger partial charge in [-0.15, -0.1) is 0 Å². The number of halogens is 1. The third-order valence-corrected chi connectivity index (χ3v) is 7.40. The van der Waals surface area contributed by atoms with Gasteiger partial charge in [-0.2, -0.15) is 0 Å². The Kier molecular flexibility index (Phi) is 8.73. The summed E-state index contributed by atoms with van der Waals surface area (Å²) in [5.74, 6) is -1.19. The number of carbonyl (C=O) groups excluding carboxylic acids is 2. The van der Waals surface area contributed by atoms with E-state index in [0.717, 1.165) is 11.3 Å². The summed E-state index contributed by atoms with van der Waals surface area (Å²) >= 11 is 1.15. The third kappa shape index (κ3) is 5.94. The van der Waals surface area contributed by atoms with E-state index in [1.54, 1.807) is 56.3 Å². The zero-order valence-electron chi connectivity index (χ0n) is 22.9. The van der Waals surface area contributed by atoms with Crippen molar-refractivity contribution in [1.82, 2.24) is 4.57 Å². The van der Waals surface area contributed by atoms with Crippen LogP contribution in [0, 0.1) is 5.82 Å². The number of fused-ring (bicyclic) bond motifs is 1. The first-order valence-electron chi connectivity index (χ1n) is 13.3. The van der Waals surface area contributed by atoms with Gasteiger partial charge in [0, 0.05) is 11.1 Å². The van der Waals surface area contributed by atoms with Gasteiger partial charge in [-0.05, 0) is 43.7 Å². The van der Waals surface area contributed by atoms with E-state index in [1.807, 2.05) is 30.3 Å². The van der Waals surface area contributed by atoms with E-state index in [9.17, 15) is 18.8 Å². The molecule has 0 amide bonds. The summed E-state index contributed by atoms with van der Waals surface area (Å²) in [4.78, 5) is 44.5. The highest BCUT2D eigenvalue weighted by atomic mass is 32.1. The lowest BCUT2D eigenvalue weighted by Crippen LogP contribution is -2.40. The number of hydrogen-bond acceptors (Lipinski definition) is 8. The normalized spacial score (nSPS) is 14.6. The minimum Gasteiger partial charge on any atom is -0.481 e. The van der Waals surface area contributed by atoms with Crippen LogP contribution in [0.25, 0.3) is 11.8 Å². The molecule has 10 heteroatoms. The van der Waals surface area contributed by atoms with Crippen LogP contribution in [-0.4, -0.2) is 36.3 Å². The second-order valence-electron chi connectivity index (χ2n) is 9.11. The van der Waals surface area contributed by atoms with E-state index in [-0.39, 0.29) is 25.4 Å². The van der Waals surface area contributed by atoms with Gasteiger partial charge in [0.25, 0.3) is 5.56 Å². The molecular weight excluding hydrogens is 559 g/mol. The zero-order chi connectivity index (χ0) is 29.6. The van der Waals surface area contributed by atoms with E-state index >= 15 is 0 Å². The standard InChI is InChI=1S/C32H27FN2O6S/c1-3-39-26(36)19-41-24-13-9-8-12-22(24)18-25-30(37)35-29(21-14-16-23(33)17-15-21)27(31(38)40-4-2)28(34-32(35)42-25)20-10-6-5-7-11-20/h5-18,29H,3-4,19H2,1-2H3/b25-18-. The van der Waals surface area contributed by atoms with Crippen LogP contribution < -0.4 is 19.6 Å². The van der Waals surface area contributed by atoms with E-state index in [1.165, 1.54) is 16.7 Å². The molecule has 1 aromatic heterocycles. The number of para-hydroxylation sites is 1. The molecule has 0 saturated heterocycles. The average molecular weight is 587 g/mol. The molecule has 42 heavy (non-hydrogen) atoms. The minimum atomic E-state index is -0.923. The fraction of sp³-hybridized carbons (Fsp3) is 0.188. The molecule has 0 aliphatic carbocycles. The molecular formula is C32H27FN2O6S. The number of thiazole rings is 1. The number of rotatable bonds is 9. The van der Waals surface area contributed by atoms with E-state index in [2.05, 4.69) is 0 Å². The number of esters is 2. The van der Waals surface area contributed by atoms with Gasteiger partial charge < -0.3 is 14.2 Å². The maximum atomic E-state index is 14.0. The van der Waals surface area contributed by atoms with Crippen LogP contribution in [0.4, 0.5) is 4.39 Å². The molecule has 3 aromatic carbocycles. The smallest absolute Gasteiger partial charge is 0.344 e. The highest BCUT2D eigenvalue weighted by Crippen LogP contribution is 2.35. The highest BCUT2D eigenvalue weighted by molar-refractivity contribution is 7.07. The number of nitrogens with zero attached hydrogens (tertiary/aromatic N) is 2. The van der Waals surface area contributed by atoms with Crippen LogP contribution in [0.3, 0.4) is 0 Å². The largest absolute Gasteiger partial charge is 0.481 e. The van der Waals surface area contributed by atoms with Gasteiger partial charge in [-0.3, -0.25) is 9.36 Å². The molecule has 0 radical (unpaired) electrons. The van der Waals surface area contributed by atoms with Crippen molar-refractivity contribution in [2.24, 2.45) is 4.99 Å². The lowest BCUT2D eigenvalue weighted by Gasteiger charge is -2.25. The summed E-state index contributed by atoms with van der Waals surface area (Å²) in [5.41, 5.74) is 1.90. The van der Waals surface area contributed by atoms with Crippen molar-refractivity contribution in [2.45, 2.75) is 19.9 Å². The number of hydrogen-bond donors (Lipinski definition) is 0. The Morgan fingerprint density at radius 1 is 0.952 bits per heavy atom. The maximum Gasteiger partial charge on any atom is 0.344 e. The van der Waals surface area contributed by atoms with Crippen molar-refractivity contribution in [2.75, 3.05) is 19.8 Å². The van der Waals surface area contributed by atoms with Crippen molar-refractivity contribution in [3.05, 3.63) is 127 Å². The van der Waals surface area contributed by atoms with Crippen molar-refractivity contribution < 1.29 is 28.2 Å². The van der Waals surface area contributed by atoms with Crippen LogP contribution in [0.5, 0.6) is 5.75 Å². The molecule has 1 aliphatic heterocycles. The Labute approximate surface area is 244 Å². The van der Waals surface area contributed by atoms with Crippen LogP contribution in [0.15, 0.2) is 94.2 Å². The number of benzene rings is 3. The first-order valence-corrected chi connectivity index (χ1v) is 14.1. The Balaban J connectivity index is 1.72. The molecule has 4 aromatic rings. The molecule has 2 heterocycles. The van der Waals surface area contributed by atoms with Gasteiger partial charge in [-0.1, -0.05) is 72.0 Å². The van der Waals surface area contributed by atoms with E-state index < -0.39 is 29.4 Å². The number of ether oxygens (including phenoxy) is 3. The predicted octanol–water partition coefficient (Wildman–Crippen LogP) is 4.02. The third-order valence-electron chi connectivity index (χ3n) is 6.42. The second-order valence-corrected chi connectivity index (χ2v) is 10.1. The molecule has 1 unspecified atom stereocenters. The summed E-state index contributed by atoms with van der Waals surface area (Å²) in [6, 6.07) is 20.9. The summed E-state index contributed by atoms with van der Waals surface area (Å²) in [7, 11) is 0. The molecule has 214 valence electrons. The van der Waals surface area contributed by atoms with Crippen LogP contribution >= 0.6 is 11.3 Å². The van der Waals surface area contributed by atoms with Gasteiger partial charge in [0.2, 0.25) is 0 Å². The molecule has 5 rings (SSSR count). The van der Waals surface area contributed by atoms with Crippen LogP contribution in [0.1, 0.15) is 36.6 Å². The number of aromatic nitrogens is 1. The summed E-state index contributed by atoms with van der Waals surface area (Å²) in [6.07, 6.45) is 1.66. The molecule has 0 spiro atoms. The molecule has 0 bridgehead atoms. The SMILES string of the molecule is CCOC(=O)COc1ccccc1/C=c1\sc2n(c1=O)C(c1ccc(F)cc1)C(C(=O)OCC)=C(c1ccccc1)N=2. The Bertz CT molecular complexity index is 1830. The fourth-order valence-electron chi connectivity index (χ4n) is 4.61. The molecule has 8 nitrogen and oxygen atoms in total. The summed E-state index contributed by atoms with van der Waals surface area (Å²) in [6.45, 7) is 3.48. The quantitative estimate of drug-likeness (QED) is 0.275. The zero-order valence-corrected chi connectivity index (χ0v) is 23.7. The highest BCUT2D eigenvalue weighted by Gasteiger charge is 2.35. The minimum absolute atomic E-state index is 0.119. The summed E-state index contributed by atoms with van der Waals surface area (Å²) < 4.78 is 31.8. The van der Waals surface area contributed by atoms with Crippen molar-refractivity contribution in [1.29, 1.82) is 0 Å². The summed E-state index contributed by atoms with van der Waals surface area (Å²) in [5, 5.41) is 0. The van der Waals surface area contributed by atoms with Gasteiger partial charge in [-0.25, -0.2) is 19.0 Å². The molecule has 0 saturated carbocycles. The molecule has 1 atom stereocenters. The first-order chi connectivity index (χ1) is 20.4. The number of carbonyl (C=O) groups is 2. The first kappa shape index (κ1) is 28.7. The van der Waals surface area contributed by atoms with Gasteiger partial charge >= 0.3 is 11.9 Å². The molecule has 0 fully saturated rings. The second kappa shape index (κ2) is 12.8. The van der Waals surface area contributed by atoms with Gasteiger partial charge in [0.1, 0.15) is 11.6 Å². The van der Waals surface area contributed by atoms with Crippen molar-refractivity contribution >= 4 is 35.0 Å². The van der Waals surface area contributed by atoms with E-state index in [4.69, 9.17) is 19.2 Å². The Morgan fingerprint density at radius 3 is 2.36 bits per heavy atom. The molecule has 1 aliphatic rings. The van der Waals surface area contributed by atoms with Crippen LogP contribution in [-0.2, 0) is 19.1 Å². The van der Waals surface area contributed by atoms with Crippen molar-refractivity contribution in [3.8, 4) is 5.75 Å². The topological polar surface area (TPSA) is 96.2 Å². The Morgan fingerprint density at radius 2 is 1.64 bits per heavy atom. The van der Waals surface area contributed by atoms with Gasteiger partial charge in [0.05, 0.1) is 35.1 Å². The van der Waals surface area contributed by atoms with Gasteiger partial charge in [0.15, 0.2) is 11.4 Å². The lowest BCUT2D eigenvalue weighted by molar-refractivity contribution is -0.145. The predicted molar refractivity (Wildman–Crippen MR) is 156 cm³/mol. The Hall–Kier alpha value is -4.83. The van der Waals surface area contributed by atoms with Crippen molar-refractivity contribution in [3.63, 3.8) is 0 Å². The molecule has 0 N–H and O–H groups in total. The van der Waals surface area contributed by atoms with Crippen LogP contribution in [0.2, 0.25) is 0 Å². The fourth-order valence-corrected chi connectivity index (χ4v) is 5.60.